The van der Waals surface area contributed by atoms with E-state index in [4.69, 9.17) is 10.8 Å². The lowest BCUT2D eigenvalue weighted by Gasteiger charge is -2.18. The van der Waals surface area contributed by atoms with Crippen LogP contribution in [-0.4, -0.2) is 16.7 Å². The second kappa shape index (κ2) is 2.42. The van der Waals surface area contributed by atoms with Crippen LogP contribution in [0.15, 0.2) is 0 Å². The maximum absolute atomic E-state index is 8.60. The Hall–Kier alpha value is -0.150. The first-order chi connectivity index (χ1) is 3.50. The van der Waals surface area contributed by atoms with Crippen LogP contribution in [0, 0.1) is 5.41 Å². The summed E-state index contributed by atoms with van der Waals surface area (Å²) in [7, 11) is 0. The van der Waals surface area contributed by atoms with Crippen LogP contribution in [0.5, 0.6) is 0 Å². The number of nitrogens with two attached hydrogens (primary N) is 1. The summed E-state index contributed by atoms with van der Waals surface area (Å²) in [6, 6.07) is 0. The molecule has 0 aliphatic carbocycles. The van der Waals surface area contributed by atoms with Crippen LogP contribution in [0.4, 0.5) is 0 Å². The molecule has 0 saturated carbocycles. The lowest BCUT2D eigenvalue weighted by Crippen LogP contribution is -2.32. The molecule has 0 aromatic rings. The van der Waals surface area contributed by atoms with Gasteiger partial charge in [0.15, 0.2) is 0 Å². The van der Waals surface area contributed by atoms with Gasteiger partial charge in [-0.1, -0.05) is 26.1 Å². The molecule has 0 aliphatic heterocycles. The Balaban J connectivity index is 3.91. The van der Waals surface area contributed by atoms with Gasteiger partial charge in [-0.3, -0.25) is 0 Å². The number of hydrogen-bond donors (Lipinski definition) is 2. The van der Waals surface area contributed by atoms with Crippen molar-refractivity contribution in [3.05, 3.63) is 0 Å². The summed E-state index contributed by atoms with van der Waals surface area (Å²) in [4.78, 5) is 0.361. The number of aliphatic hydroxyl groups excluding tert-OH is 1. The van der Waals surface area contributed by atoms with Crippen molar-refractivity contribution in [2.24, 2.45) is 11.1 Å². The molecule has 0 amide bonds. The molecule has 0 saturated heterocycles. The molecule has 2 nitrogen and oxygen atoms in total. The minimum atomic E-state index is -0.394. The Labute approximate surface area is 54.7 Å². The van der Waals surface area contributed by atoms with Crippen molar-refractivity contribution in [1.82, 2.24) is 0 Å². The third-order valence-corrected chi connectivity index (χ3v) is 1.61. The Bertz CT molecular complexity index is 101. The van der Waals surface area contributed by atoms with Crippen molar-refractivity contribution in [1.29, 1.82) is 0 Å². The third kappa shape index (κ3) is 1.76. The zero-order valence-corrected chi connectivity index (χ0v) is 5.96. The van der Waals surface area contributed by atoms with Gasteiger partial charge in [-0.05, 0) is 0 Å². The van der Waals surface area contributed by atoms with Gasteiger partial charge in [0.1, 0.15) is 0 Å². The van der Waals surface area contributed by atoms with Gasteiger partial charge in [-0.15, -0.1) is 0 Å². The van der Waals surface area contributed by atoms with Crippen molar-refractivity contribution < 1.29 is 5.11 Å². The zero-order valence-electron chi connectivity index (χ0n) is 5.14. The van der Waals surface area contributed by atoms with Crippen LogP contribution in [0.3, 0.4) is 0 Å². The predicted molar refractivity (Wildman–Crippen MR) is 37.7 cm³/mol. The normalized spacial score (nSPS) is 11.4. The molecule has 0 spiro atoms. The first-order valence-corrected chi connectivity index (χ1v) is 2.82. The minimum absolute atomic E-state index is 0.0162. The Morgan fingerprint density at radius 2 is 2.12 bits per heavy atom. The van der Waals surface area contributed by atoms with E-state index < -0.39 is 5.41 Å². The minimum Gasteiger partial charge on any atom is -0.395 e. The molecule has 0 aromatic heterocycles. The number of aliphatic hydroxyl groups is 1. The first-order valence-electron chi connectivity index (χ1n) is 2.41. The van der Waals surface area contributed by atoms with Crippen LogP contribution in [0.1, 0.15) is 13.8 Å². The average Bonchev–Trinajstić information content (AvgIpc) is 1.67. The molecular formula is C5H11NOS. The number of thiocarbonyl (C=S) groups is 1. The maximum Gasteiger partial charge on any atom is 0.0807 e. The second-order valence-corrected chi connectivity index (χ2v) is 2.85. The molecule has 48 valence electrons. The number of rotatable bonds is 2. The van der Waals surface area contributed by atoms with E-state index in [2.05, 4.69) is 12.2 Å². The second-order valence-electron chi connectivity index (χ2n) is 2.41. The Kier molecular flexibility index (Phi) is 2.37. The largest absolute Gasteiger partial charge is 0.395 e. The summed E-state index contributed by atoms with van der Waals surface area (Å²) in [6.45, 7) is 3.62. The highest BCUT2D eigenvalue weighted by molar-refractivity contribution is 7.80. The predicted octanol–water partition coefficient (Wildman–Crippen LogP) is 0.291. The first kappa shape index (κ1) is 7.85. The van der Waals surface area contributed by atoms with Crippen molar-refractivity contribution in [2.45, 2.75) is 13.8 Å². The lowest BCUT2D eigenvalue weighted by molar-refractivity contribution is 0.214. The van der Waals surface area contributed by atoms with Crippen molar-refractivity contribution in [3.63, 3.8) is 0 Å². The van der Waals surface area contributed by atoms with Gasteiger partial charge >= 0.3 is 0 Å². The fraction of sp³-hybridized carbons (Fsp3) is 0.800. The Morgan fingerprint density at radius 3 is 2.12 bits per heavy atom. The highest BCUT2D eigenvalue weighted by Gasteiger charge is 2.18. The summed E-state index contributed by atoms with van der Waals surface area (Å²) in [6.07, 6.45) is 0. The van der Waals surface area contributed by atoms with Gasteiger partial charge in [-0.25, -0.2) is 0 Å². The molecule has 0 radical (unpaired) electrons. The van der Waals surface area contributed by atoms with Crippen LogP contribution < -0.4 is 5.73 Å². The van der Waals surface area contributed by atoms with Gasteiger partial charge < -0.3 is 10.8 Å². The molecule has 0 unspecified atom stereocenters. The zero-order chi connectivity index (χ0) is 6.78. The molecule has 0 fully saturated rings. The van der Waals surface area contributed by atoms with E-state index in [1.807, 2.05) is 0 Å². The lowest BCUT2D eigenvalue weighted by atomic mass is 9.95. The van der Waals surface area contributed by atoms with E-state index >= 15 is 0 Å². The van der Waals surface area contributed by atoms with E-state index in [0.29, 0.717) is 4.99 Å². The maximum atomic E-state index is 8.60. The summed E-state index contributed by atoms with van der Waals surface area (Å²) in [5, 5.41) is 8.60. The van der Waals surface area contributed by atoms with Gasteiger partial charge in [-0.2, -0.15) is 0 Å². The molecule has 0 heterocycles. The van der Waals surface area contributed by atoms with Crippen molar-refractivity contribution in [2.75, 3.05) is 6.61 Å². The molecule has 0 rings (SSSR count). The molecule has 3 heteroatoms. The van der Waals surface area contributed by atoms with Crippen LogP contribution in [-0.2, 0) is 0 Å². The van der Waals surface area contributed by atoms with Crippen molar-refractivity contribution in [3.8, 4) is 0 Å². The summed E-state index contributed by atoms with van der Waals surface area (Å²) in [5.74, 6) is 0. The molecular weight excluding hydrogens is 122 g/mol. The van der Waals surface area contributed by atoms with E-state index in [9.17, 15) is 0 Å². The van der Waals surface area contributed by atoms with E-state index in [-0.39, 0.29) is 6.61 Å². The summed E-state index contributed by atoms with van der Waals surface area (Å²) in [5.41, 5.74) is 4.86. The average molecular weight is 133 g/mol. The number of hydrogen-bond acceptors (Lipinski definition) is 2. The fourth-order valence-electron chi connectivity index (χ4n) is 0.0779. The van der Waals surface area contributed by atoms with Gasteiger partial charge in [0.25, 0.3) is 0 Å². The highest BCUT2D eigenvalue weighted by atomic mass is 32.1. The van der Waals surface area contributed by atoms with Crippen molar-refractivity contribution >= 4 is 17.2 Å². The molecule has 0 aliphatic rings. The quantitative estimate of drug-likeness (QED) is 0.532. The monoisotopic (exact) mass is 133 g/mol. The SMILES string of the molecule is CC(C)(CO)C(N)=S. The molecule has 3 N–H and O–H groups in total. The van der Waals surface area contributed by atoms with E-state index in [1.165, 1.54) is 0 Å². The summed E-state index contributed by atoms with van der Waals surface area (Å²) >= 11 is 4.65. The third-order valence-electron chi connectivity index (χ3n) is 1.06. The fourth-order valence-corrected chi connectivity index (χ4v) is 0.142. The van der Waals surface area contributed by atoms with E-state index in [0.717, 1.165) is 0 Å². The van der Waals surface area contributed by atoms with Crippen LogP contribution in [0.2, 0.25) is 0 Å². The molecule has 0 atom stereocenters. The molecule has 0 bridgehead atoms. The smallest absolute Gasteiger partial charge is 0.0807 e. The summed E-state index contributed by atoms with van der Waals surface area (Å²) < 4.78 is 0. The van der Waals surface area contributed by atoms with Crippen LogP contribution in [0.25, 0.3) is 0 Å². The van der Waals surface area contributed by atoms with Gasteiger partial charge in [0, 0.05) is 5.41 Å². The Morgan fingerprint density at radius 1 is 1.75 bits per heavy atom. The highest BCUT2D eigenvalue weighted by Crippen LogP contribution is 2.12. The van der Waals surface area contributed by atoms with E-state index in [1.54, 1.807) is 13.8 Å². The van der Waals surface area contributed by atoms with Gasteiger partial charge in [0.2, 0.25) is 0 Å². The van der Waals surface area contributed by atoms with Crippen LogP contribution >= 0.6 is 12.2 Å². The topological polar surface area (TPSA) is 46.2 Å². The standard InChI is InChI=1S/C5H11NOS/c1-5(2,3-7)4(6)8/h7H,3H2,1-2H3,(H2,6,8). The molecule has 0 aromatic carbocycles. The van der Waals surface area contributed by atoms with Gasteiger partial charge in [0.05, 0.1) is 11.6 Å². The molecule has 8 heavy (non-hydrogen) atoms.